The summed E-state index contributed by atoms with van der Waals surface area (Å²) in [6.07, 6.45) is -2.37. The summed E-state index contributed by atoms with van der Waals surface area (Å²) in [5.41, 5.74) is 4.39. The van der Waals surface area contributed by atoms with E-state index in [1.54, 1.807) is 18.2 Å². The van der Waals surface area contributed by atoms with Crippen LogP contribution in [0.3, 0.4) is 0 Å². The molecule has 0 aromatic heterocycles. The van der Waals surface area contributed by atoms with Crippen LogP contribution in [0.1, 0.15) is 25.0 Å². The summed E-state index contributed by atoms with van der Waals surface area (Å²) in [6, 6.07) is 15.9. The smallest absolute Gasteiger partial charge is 0.400 e. The van der Waals surface area contributed by atoms with Gasteiger partial charge in [-0.3, -0.25) is 0 Å². The monoisotopic (exact) mass is 536 g/mol. The lowest BCUT2D eigenvalue weighted by atomic mass is 9.98. The maximum atomic E-state index is 13.7. The van der Waals surface area contributed by atoms with Crippen LogP contribution in [0.15, 0.2) is 88.4 Å². The molecule has 0 aliphatic rings. The van der Waals surface area contributed by atoms with Crippen molar-refractivity contribution in [3.8, 4) is 11.1 Å². The number of alkyl halides is 3. The third-order valence-electron chi connectivity index (χ3n) is 5.29. The molecule has 3 N–H and O–H groups in total. The standard InChI is InChI=1S/C26H24ClF3N2O3S/c1-25(2,33)24(31)15-23(19-9-4-5-10-20(19)26(28,29)30)32-22-12-11-17(14-21(22)27)16-7-6-8-18(13-16)36(3,34)35/h4-15,33H,31H2,1-3H3. The molecule has 0 saturated heterocycles. The second-order valence-corrected chi connectivity index (χ2v) is 11.1. The summed E-state index contributed by atoms with van der Waals surface area (Å²) >= 11 is 6.45. The van der Waals surface area contributed by atoms with Crippen molar-refractivity contribution < 1.29 is 26.7 Å². The highest BCUT2D eigenvalue weighted by Crippen LogP contribution is 2.35. The predicted octanol–water partition coefficient (Wildman–Crippen LogP) is 6.16. The van der Waals surface area contributed by atoms with Crippen LogP contribution in [-0.4, -0.2) is 31.1 Å². The highest BCUT2D eigenvalue weighted by atomic mass is 35.5. The van der Waals surface area contributed by atoms with Crippen molar-refractivity contribution in [2.45, 2.75) is 30.5 Å². The topological polar surface area (TPSA) is 92.8 Å². The molecule has 0 heterocycles. The second kappa shape index (κ2) is 10.1. The molecule has 0 aliphatic heterocycles. The van der Waals surface area contributed by atoms with Gasteiger partial charge in [-0.1, -0.05) is 48.0 Å². The highest BCUT2D eigenvalue weighted by molar-refractivity contribution is 7.90. The number of benzene rings is 3. The van der Waals surface area contributed by atoms with E-state index in [0.717, 1.165) is 12.3 Å². The Bertz CT molecular complexity index is 1460. The van der Waals surface area contributed by atoms with Gasteiger partial charge in [0, 0.05) is 17.5 Å². The number of aliphatic hydroxyl groups is 1. The predicted molar refractivity (Wildman–Crippen MR) is 136 cm³/mol. The highest BCUT2D eigenvalue weighted by Gasteiger charge is 2.34. The maximum absolute atomic E-state index is 13.7. The summed E-state index contributed by atoms with van der Waals surface area (Å²) in [5.74, 6) is 0. The third kappa shape index (κ3) is 6.54. The first-order chi connectivity index (χ1) is 16.6. The quantitative estimate of drug-likeness (QED) is 0.369. The normalized spacial score (nSPS) is 13.7. The molecule has 3 rings (SSSR count). The average Bonchev–Trinajstić information content (AvgIpc) is 2.78. The molecule has 0 aliphatic carbocycles. The molecular formula is C26H24ClF3N2O3S. The van der Waals surface area contributed by atoms with E-state index in [9.17, 15) is 26.7 Å². The van der Waals surface area contributed by atoms with E-state index in [2.05, 4.69) is 4.99 Å². The largest absolute Gasteiger partial charge is 0.417 e. The number of aliphatic imine (C=N–C) groups is 1. The molecule has 10 heteroatoms. The number of nitrogens with two attached hydrogens (primary N) is 1. The summed E-state index contributed by atoms with van der Waals surface area (Å²) in [5, 5.41) is 10.4. The Morgan fingerprint density at radius 2 is 1.64 bits per heavy atom. The zero-order valence-corrected chi connectivity index (χ0v) is 21.2. The summed E-state index contributed by atoms with van der Waals surface area (Å²) in [7, 11) is -3.42. The van der Waals surface area contributed by atoms with Crippen LogP contribution in [0.25, 0.3) is 11.1 Å². The molecule has 0 saturated carbocycles. The number of rotatable bonds is 6. The second-order valence-electron chi connectivity index (χ2n) is 8.67. The summed E-state index contributed by atoms with van der Waals surface area (Å²) in [4.78, 5) is 4.50. The number of allylic oxidation sites excluding steroid dienone is 1. The lowest BCUT2D eigenvalue weighted by Crippen LogP contribution is -2.28. The zero-order chi connectivity index (χ0) is 26.9. The van der Waals surface area contributed by atoms with Crippen LogP contribution in [0.5, 0.6) is 0 Å². The number of hydrogen-bond donors (Lipinski definition) is 2. The van der Waals surface area contributed by atoms with E-state index in [1.807, 2.05) is 0 Å². The minimum atomic E-state index is -4.66. The first kappa shape index (κ1) is 27.4. The minimum Gasteiger partial charge on any atom is -0.400 e. The van der Waals surface area contributed by atoms with Crippen molar-refractivity contribution in [1.29, 1.82) is 0 Å². The molecular weight excluding hydrogens is 513 g/mol. The SMILES string of the molecule is CC(C)(O)C(N)=CC(=Nc1ccc(-c2cccc(S(C)(=O)=O)c2)cc1Cl)c1ccccc1C(F)(F)F. The molecule has 0 unspecified atom stereocenters. The molecule has 36 heavy (non-hydrogen) atoms. The van der Waals surface area contributed by atoms with Gasteiger partial charge in [0.2, 0.25) is 0 Å². The molecule has 0 amide bonds. The van der Waals surface area contributed by atoms with E-state index in [-0.39, 0.29) is 32.6 Å². The molecule has 3 aromatic carbocycles. The summed E-state index contributed by atoms with van der Waals surface area (Å²) < 4.78 is 65.0. The number of sulfone groups is 1. The Balaban J connectivity index is 2.17. The van der Waals surface area contributed by atoms with Crippen LogP contribution in [0.2, 0.25) is 5.02 Å². The van der Waals surface area contributed by atoms with Gasteiger partial charge < -0.3 is 10.8 Å². The number of nitrogens with zero attached hydrogens (tertiary/aromatic N) is 1. The van der Waals surface area contributed by atoms with Crippen molar-refractivity contribution in [2.75, 3.05) is 6.26 Å². The molecule has 0 bridgehead atoms. The first-order valence-corrected chi connectivity index (χ1v) is 12.9. The van der Waals surface area contributed by atoms with Crippen LogP contribution >= 0.6 is 11.6 Å². The van der Waals surface area contributed by atoms with Crippen LogP contribution in [-0.2, 0) is 16.0 Å². The van der Waals surface area contributed by atoms with Gasteiger partial charge >= 0.3 is 6.18 Å². The van der Waals surface area contributed by atoms with Crippen molar-refractivity contribution in [1.82, 2.24) is 0 Å². The summed E-state index contributed by atoms with van der Waals surface area (Å²) in [6.45, 7) is 2.80. The fraction of sp³-hybridized carbons (Fsp3) is 0.192. The molecule has 0 atom stereocenters. The molecule has 5 nitrogen and oxygen atoms in total. The fourth-order valence-electron chi connectivity index (χ4n) is 3.26. The van der Waals surface area contributed by atoms with Gasteiger partial charge in [-0.05, 0) is 61.4 Å². The maximum Gasteiger partial charge on any atom is 0.417 e. The fourth-order valence-corrected chi connectivity index (χ4v) is 4.15. The van der Waals surface area contributed by atoms with Crippen LogP contribution in [0.4, 0.5) is 18.9 Å². The van der Waals surface area contributed by atoms with E-state index < -0.39 is 27.2 Å². The third-order valence-corrected chi connectivity index (χ3v) is 6.70. The van der Waals surface area contributed by atoms with E-state index in [4.69, 9.17) is 17.3 Å². The Morgan fingerprint density at radius 3 is 2.22 bits per heavy atom. The Kier molecular flexibility index (Phi) is 7.69. The van der Waals surface area contributed by atoms with Gasteiger partial charge in [-0.15, -0.1) is 0 Å². The van der Waals surface area contributed by atoms with Crippen molar-refractivity contribution in [3.05, 3.63) is 94.7 Å². The molecule has 0 radical (unpaired) electrons. The zero-order valence-electron chi connectivity index (χ0n) is 19.6. The molecule has 3 aromatic rings. The Labute approximate surface area is 212 Å². The Hall–Kier alpha value is -3.14. The van der Waals surface area contributed by atoms with Crippen molar-refractivity contribution in [2.24, 2.45) is 10.7 Å². The van der Waals surface area contributed by atoms with Crippen molar-refractivity contribution in [3.63, 3.8) is 0 Å². The van der Waals surface area contributed by atoms with Gasteiger partial charge in [0.05, 0.1) is 32.5 Å². The van der Waals surface area contributed by atoms with Gasteiger partial charge in [0.25, 0.3) is 0 Å². The van der Waals surface area contributed by atoms with E-state index in [0.29, 0.717) is 11.1 Å². The van der Waals surface area contributed by atoms with Crippen molar-refractivity contribution >= 4 is 32.8 Å². The minimum absolute atomic E-state index is 0.0939. The number of hydrogen-bond acceptors (Lipinski definition) is 5. The average molecular weight is 537 g/mol. The van der Waals surface area contributed by atoms with Gasteiger partial charge in [-0.25, -0.2) is 13.4 Å². The van der Waals surface area contributed by atoms with Gasteiger partial charge in [-0.2, -0.15) is 13.2 Å². The molecule has 0 spiro atoms. The van der Waals surface area contributed by atoms with Crippen LogP contribution in [0, 0.1) is 0 Å². The molecule has 190 valence electrons. The Morgan fingerprint density at radius 1 is 1.00 bits per heavy atom. The van der Waals surface area contributed by atoms with Gasteiger partial charge in [0.15, 0.2) is 9.84 Å². The molecule has 0 fully saturated rings. The first-order valence-electron chi connectivity index (χ1n) is 10.6. The van der Waals surface area contributed by atoms with E-state index >= 15 is 0 Å². The van der Waals surface area contributed by atoms with E-state index in [1.165, 1.54) is 62.4 Å². The van der Waals surface area contributed by atoms with Crippen LogP contribution < -0.4 is 5.73 Å². The number of halogens is 4. The lowest BCUT2D eigenvalue weighted by molar-refractivity contribution is -0.137. The van der Waals surface area contributed by atoms with Gasteiger partial charge in [0.1, 0.15) is 0 Å². The lowest BCUT2D eigenvalue weighted by Gasteiger charge is -2.19.